The molecule has 82 valence electrons. The number of phenolic OH excluding ortho intramolecular Hbond substituents is 1. The Morgan fingerprint density at radius 3 is 2.80 bits per heavy atom. The van der Waals surface area contributed by atoms with Crippen LogP contribution in [0.15, 0.2) is 18.2 Å². The molecule has 1 rings (SSSR count). The Morgan fingerprint density at radius 1 is 1.53 bits per heavy atom. The minimum Gasteiger partial charge on any atom is -0.502 e. The van der Waals surface area contributed by atoms with E-state index in [0.29, 0.717) is 25.3 Å². The molecule has 0 aromatic heterocycles. The maximum absolute atomic E-state index is 10.4. The largest absolute Gasteiger partial charge is 0.502 e. The predicted octanol–water partition coefficient (Wildman–Crippen LogP) is 1.03. The highest BCUT2D eigenvalue weighted by Crippen LogP contribution is 2.29. The Balaban J connectivity index is 2.69. The Morgan fingerprint density at radius 2 is 2.27 bits per heavy atom. The second-order valence-electron chi connectivity index (χ2n) is 2.90. The van der Waals surface area contributed by atoms with E-state index in [4.69, 9.17) is 10.5 Å². The Labute approximate surface area is 86.4 Å². The predicted molar refractivity (Wildman–Crippen MR) is 53.9 cm³/mol. The molecule has 0 atom stereocenters. The number of ether oxygens (including phenoxy) is 1. The second kappa shape index (κ2) is 5.16. The number of nitrogens with zero attached hydrogens (tertiary/aromatic N) is 1. The summed E-state index contributed by atoms with van der Waals surface area (Å²) in [5.74, 6) is -0.00296. The van der Waals surface area contributed by atoms with Crippen LogP contribution < -0.4 is 10.5 Å². The molecular formula is C9H12N2O4. The lowest BCUT2D eigenvalue weighted by molar-refractivity contribution is -0.385. The quantitative estimate of drug-likeness (QED) is 0.431. The second-order valence-corrected chi connectivity index (χ2v) is 2.90. The van der Waals surface area contributed by atoms with Crippen molar-refractivity contribution in [2.24, 2.45) is 5.73 Å². The molecule has 0 aliphatic heterocycles. The van der Waals surface area contributed by atoms with Gasteiger partial charge in [-0.05, 0) is 19.0 Å². The van der Waals surface area contributed by atoms with Crippen LogP contribution in [0.3, 0.4) is 0 Å². The van der Waals surface area contributed by atoms with Crippen molar-refractivity contribution < 1.29 is 14.8 Å². The molecule has 0 saturated carbocycles. The van der Waals surface area contributed by atoms with Crippen LogP contribution >= 0.6 is 0 Å². The van der Waals surface area contributed by atoms with Gasteiger partial charge in [-0.2, -0.15) is 0 Å². The van der Waals surface area contributed by atoms with Gasteiger partial charge in [0.25, 0.3) is 0 Å². The van der Waals surface area contributed by atoms with Crippen molar-refractivity contribution in [3.63, 3.8) is 0 Å². The first kappa shape index (κ1) is 11.3. The smallest absolute Gasteiger partial charge is 0.310 e. The van der Waals surface area contributed by atoms with Crippen molar-refractivity contribution in [3.8, 4) is 11.5 Å². The fraction of sp³-hybridized carbons (Fsp3) is 0.333. The van der Waals surface area contributed by atoms with E-state index in [9.17, 15) is 15.2 Å². The monoisotopic (exact) mass is 212 g/mol. The fourth-order valence-corrected chi connectivity index (χ4v) is 1.02. The van der Waals surface area contributed by atoms with Crippen LogP contribution in [0.25, 0.3) is 0 Å². The Kier molecular flexibility index (Phi) is 3.87. The Hall–Kier alpha value is -1.82. The zero-order valence-corrected chi connectivity index (χ0v) is 8.05. The zero-order valence-electron chi connectivity index (χ0n) is 8.05. The van der Waals surface area contributed by atoms with Gasteiger partial charge in [0.2, 0.25) is 0 Å². The van der Waals surface area contributed by atoms with Crippen LogP contribution in [0, 0.1) is 10.1 Å². The number of aromatic hydroxyl groups is 1. The van der Waals surface area contributed by atoms with Gasteiger partial charge in [-0.1, -0.05) is 0 Å². The molecule has 0 saturated heterocycles. The van der Waals surface area contributed by atoms with E-state index in [2.05, 4.69) is 0 Å². The van der Waals surface area contributed by atoms with Crippen molar-refractivity contribution in [2.75, 3.05) is 13.2 Å². The van der Waals surface area contributed by atoms with Crippen molar-refractivity contribution in [3.05, 3.63) is 28.3 Å². The average Bonchev–Trinajstić information content (AvgIpc) is 2.17. The summed E-state index contributed by atoms with van der Waals surface area (Å²) in [6.45, 7) is 0.937. The molecule has 1 aromatic rings. The average molecular weight is 212 g/mol. The first-order valence-electron chi connectivity index (χ1n) is 4.45. The van der Waals surface area contributed by atoms with Gasteiger partial charge in [-0.3, -0.25) is 10.1 Å². The molecule has 6 nitrogen and oxygen atoms in total. The molecule has 0 amide bonds. The third-order valence-corrected chi connectivity index (χ3v) is 1.76. The number of rotatable bonds is 5. The molecule has 0 radical (unpaired) electrons. The molecule has 0 spiro atoms. The van der Waals surface area contributed by atoms with Gasteiger partial charge >= 0.3 is 5.69 Å². The maximum Gasteiger partial charge on any atom is 0.310 e. The van der Waals surface area contributed by atoms with Gasteiger partial charge in [-0.15, -0.1) is 0 Å². The lowest BCUT2D eigenvalue weighted by atomic mass is 10.3. The summed E-state index contributed by atoms with van der Waals surface area (Å²) < 4.78 is 5.20. The maximum atomic E-state index is 10.4. The third kappa shape index (κ3) is 3.10. The first-order chi connectivity index (χ1) is 7.15. The van der Waals surface area contributed by atoms with Crippen molar-refractivity contribution in [1.29, 1.82) is 0 Å². The topological polar surface area (TPSA) is 98.6 Å². The van der Waals surface area contributed by atoms with Crippen LogP contribution in [0.2, 0.25) is 0 Å². The van der Waals surface area contributed by atoms with Gasteiger partial charge in [0.15, 0.2) is 5.75 Å². The minimum absolute atomic E-state index is 0.332. The van der Waals surface area contributed by atoms with Crippen LogP contribution in [0.1, 0.15) is 6.42 Å². The number of phenols is 1. The highest BCUT2D eigenvalue weighted by Gasteiger charge is 2.13. The van der Waals surface area contributed by atoms with Crippen molar-refractivity contribution >= 4 is 5.69 Å². The van der Waals surface area contributed by atoms with E-state index in [0.717, 1.165) is 0 Å². The number of benzene rings is 1. The first-order valence-corrected chi connectivity index (χ1v) is 4.45. The summed E-state index contributed by atoms with van der Waals surface area (Å²) in [6.07, 6.45) is 0.692. The highest BCUT2D eigenvalue weighted by molar-refractivity contribution is 5.49. The van der Waals surface area contributed by atoms with Gasteiger partial charge in [0, 0.05) is 12.1 Å². The summed E-state index contributed by atoms with van der Waals surface area (Å²) in [7, 11) is 0. The lowest BCUT2D eigenvalue weighted by Crippen LogP contribution is -2.06. The summed E-state index contributed by atoms with van der Waals surface area (Å²) in [5, 5.41) is 19.7. The SMILES string of the molecule is NCCCOc1ccc([N+](=O)[O-])c(O)c1. The van der Waals surface area contributed by atoms with Gasteiger partial charge in [0.1, 0.15) is 5.75 Å². The van der Waals surface area contributed by atoms with E-state index >= 15 is 0 Å². The number of hydrogen-bond donors (Lipinski definition) is 2. The van der Waals surface area contributed by atoms with Crippen molar-refractivity contribution in [1.82, 2.24) is 0 Å². The summed E-state index contributed by atoms with van der Waals surface area (Å²) >= 11 is 0. The number of nitro groups is 1. The molecule has 6 heteroatoms. The number of hydrogen-bond acceptors (Lipinski definition) is 5. The molecule has 15 heavy (non-hydrogen) atoms. The minimum atomic E-state index is -0.654. The van der Waals surface area contributed by atoms with Crippen LogP contribution in [0.5, 0.6) is 11.5 Å². The van der Waals surface area contributed by atoms with Crippen LogP contribution in [-0.4, -0.2) is 23.2 Å². The highest BCUT2D eigenvalue weighted by atomic mass is 16.6. The zero-order chi connectivity index (χ0) is 11.3. The summed E-state index contributed by atoms with van der Waals surface area (Å²) in [5.41, 5.74) is 4.94. The van der Waals surface area contributed by atoms with E-state index in [-0.39, 0.29) is 5.69 Å². The van der Waals surface area contributed by atoms with Crippen molar-refractivity contribution in [2.45, 2.75) is 6.42 Å². The normalized spacial score (nSPS) is 9.93. The molecule has 3 N–H and O–H groups in total. The van der Waals surface area contributed by atoms with E-state index in [1.807, 2.05) is 0 Å². The van der Waals surface area contributed by atoms with E-state index in [1.54, 1.807) is 0 Å². The van der Waals surface area contributed by atoms with Gasteiger partial charge in [-0.25, -0.2) is 0 Å². The Bertz CT molecular complexity index is 354. The molecule has 0 bridgehead atoms. The standard InChI is InChI=1S/C9H12N2O4/c10-4-1-5-15-7-2-3-8(11(13)14)9(12)6-7/h2-3,6,12H,1,4-5,10H2. The molecule has 0 aliphatic rings. The van der Waals surface area contributed by atoms with Gasteiger partial charge in [0.05, 0.1) is 11.5 Å². The van der Waals surface area contributed by atoms with E-state index in [1.165, 1.54) is 18.2 Å². The molecule has 0 aliphatic carbocycles. The van der Waals surface area contributed by atoms with Crippen LogP contribution in [-0.2, 0) is 0 Å². The molecule has 1 aromatic carbocycles. The third-order valence-electron chi connectivity index (χ3n) is 1.76. The molecular weight excluding hydrogens is 200 g/mol. The summed E-state index contributed by atoms with van der Waals surface area (Å²) in [4.78, 5) is 9.73. The lowest BCUT2D eigenvalue weighted by Gasteiger charge is -2.05. The molecule has 0 heterocycles. The number of nitro benzene ring substituents is 1. The van der Waals surface area contributed by atoms with Gasteiger partial charge < -0.3 is 15.6 Å². The number of nitrogens with two attached hydrogens (primary N) is 1. The molecule has 0 unspecified atom stereocenters. The van der Waals surface area contributed by atoms with E-state index < -0.39 is 10.7 Å². The summed E-state index contributed by atoms with van der Waals surface area (Å²) in [6, 6.07) is 3.86. The fourth-order valence-electron chi connectivity index (χ4n) is 1.02. The molecule has 0 fully saturated rings. The van der Waals surface area contributed by atoms with Crippen LogP contribution in [0.4, 0.5) is 5.69 Å².